The molecule has 2 heterocycles. The number of hydrogen-bond donors (Lipinski definition) is 3. The Kier molecular flexibility index (Phi) is 4.88. The van der Waals surface area contributed by atoms with Gasteiger partial charge in [0, 0.05) is 12.6 Å². The summed E-state index contributed by atoms with van der Waals surface area (Å²) in [6, 6.07) is 5.86. The zero-order chi connectivity index (χ0) is 18.3. The van der Waals surface area contributed by atoms with E-state index in [0.29, 0.717) is 27.3 Å². The molecule has 1 aromatic carbocycles. The number of nitrogens with one attached hydrogen (secondary N) is 1. The van der Waals surface area contributed by atoms with Crippen molar-refractivity contribution in [2.75, 3.05) is 17.7 Å². The molecule has 2 atom stereocenters. The smallest absolute Gasteiger partial charge is 0.223 e. The Morgan fingerprint density at radius 2 is 2.08 bits per heavy atom. The zero-order valence-corrected chi connectivity index (χ0v) is 16.1. The fourth-order valence-electron chi connectivity index (χ4n) is 3.33. The highest BCUT2D eigenvalue weighted by molar-refractivity contribution is 7.21. The van der Waals surface area contributed by atoms with Crippen LogP contribution in [0.1, 0.15) is 19.3 Å². The molecule has 136 valence electrons. The van der Waals surface area contributed by atoms with Crippen LogP contribution >= 0.6 is 34.5 Å². The number of nitrogens with zero attached hydrogens (tertiary/aromatic N) is 3. The Bertz CT molecular complexity index is 964. The van der Waals surface area contributed by atoms with E-state index < -0.39 is 0 Å². The molecule has 1 fully saturated rings. The maximum Gasteiger partial charge on any atom is 0.223 e. The highest BCUT2D eigenvalue weighted by atomic mass is 35.5. The van der Waals surface area contributed by atoms with Crippen LogP contribution < -0.4 is 11.1 Å². The van der Waals surface area contributed by atoms with Gasteiger partial charge in [-0.3, -0.25) is 0 Å². The number of aliphatic hydroxyl groups excluding tert-OH is 1. The molecule has 0 aliphatic heterocycles. The van der Waals surface area contributed by atoms with E-state index in [9.17, 15) is 5.11 Å². The number of fused-ring (bicyclic) bond motifs is 1. The molecule has 0 bridgehead atoms. The Morgan fingerprint density at radius 1 is 1.23 bits per heavy atom. The minimum absolute atomic E-state index is 0.108. The van der Waals surface area contributed by atoms with Crippen molar-refractivity contribution < 1.29 is 5.11 Å². The van der Waals surface area contributed by atoms with Gasteiger partial charge in [0.15, 0.2) is 0 Å². The summed E-state index contributed by atoms with van der Waals surface area (Å²) in [5, 5.41) is 14.3. The molecule has 0 spiro atoms. The Morgan fingerprint density at radius 3 is 2.81 bits per heavy atom. The van der Waals surface area contributed by atoms with Gasteiger partial charge in [-0.1, -0.05) is 29.3 Å². The first-order valence-corrected chi connectivity index (χ1v) is 9.88. The Labute approximate surface area is 164 Å². The van der Waals surface area contributed by atoms with E-state index >= 15 is 0 Å². The van der Waals surface area contributed by atoms with E-state index in [2.05, 4.69) is 20.3 Å². The van der Waals surface area contributed by atoms with Crippen molar-refractivity contribution in [1.29, 1.82) is 0 Å². The lowest BCUT2D eigenvalue weighted by molar-refractivity contribution is 0.229. The molecule has 4 N–H and O–H groups in total. The molecule has 26 heavy (non-hydrogen) atoms. The van der Waals surface area contributed by atoms with Gasteiger partial charge in [0.05, 0.1) is 15.3 Å². The first kappa shape index (κ1) is 17.7. The van der Waals surface area contributed by atoms with Gasteiger partial charge in [-0.2, -0.15) is 4.98 Å². The van der Waals surface area contributed by atoms with Crippen LogP contribution in [0.5, 0.6) is 0 Å². The van der Waals surface area contributed by atoms with Crippen molar-refractivity contribution in [3.05, 3.63) is 28.4 Å². The van der Waals surface area contributed by atoms with Gasteiger partial charge in [-0.15, -0.1) is 11.3 Å². The van der Waals surface area contributed by atoms with Gasteiger partial charge in [0.2, 0.25) is 5.95 Å². The number of aromatic nitrogens is 3. The predicted molar refractivity (Wildman–Crippen MR) is 107 cm³/mol. The van der Waals surface area contributed by atoms with Gasteiger partial charge in [0.1, 0.15) is 21.5 Å². The van der Waals surface area contributed by atoms with Crippen LogP contribution in [0.4, 0.5) is 11.8 Å². The second kappa shape index (κ2) is 7.15. The van der Waals surface area contributed by atoms with Crippen molar-refractivity contribution in [3.63, 3.8) is 0 Å². The maximum absolute atomic E-state index is 9.36. The van der Waals surface area contributed by atoms with E-state index in [4.69, 9.17) is 28.9 Å². The molecule has 2 aromatic heterocycles. The third-order valence-electron chi connectivity index (χ3n) is 4.61. The lowest BCUT2D eigenvalue weighted by Gasteiger charge is -2.16. The fraction of sp³-hybridized carbons (Fsp3) is 0.353. The standard InChI is InChI=1S/C17H17Cl2N5OS/c18-10-2-1-3-11-13(10)22-16(26-11)12-14(19)23-17(20)24-15(12)21-9-5-4-8(6-9)7-25/h1-3,8-9,25H,4-7H2,(H3,20,21,23,24)/t8-,9+/m1/s1. The van der Waals surface area contributed by atoms with E-state index in [1.165, 1.54) is 11.3 Å². The summed E-state index contributed by atoms with van der Waals surface area (Å²) in [5.74, 6) is 0.991. The number of rotatable bonds is 4. The minimum Gasteiger partial charge on any atom is -0.396 e. The topological polar surface area (TPSA) is 97.0 Å². The van der Waals surface area contributed by atoms with Crippen LogP contribution in [0.15, 0.2) is 18.2 Å². The average Bonchev–Trinajstić information content (AvgIpc) is 3.21. The van der Waals surface area contributed by atoms with Crippen LogP contribution in [0, 0.1) is 5.92 Å². The summed E-state index contributed by atoms with van der Waals surface area (Å²) >= 11 is 14.1. The second-order valence-corrected chi connectivity index (χ2v) is 8.20. The molecule has 1 aliphatic rings. The van der Waals surface area contributed by atoms with E-state index in [0.717, 1.165) is 29.5 Å². The summed E-state index contributed by atoms with van der Waals surface area (Å²) in [5.41, 5.74) is 7.17. The maximum atomic E-state index is 9.36. The molecule has 0 radical (unpaired) electrons. The molecule has 0 saturated heterocycles. The molecule has 1 saturated carbocycles. The summed E-state index contributed by atoms with van der Waals surface area (Å²) in [6.45, 7) is 0.202. The summed E-state index contributed by atoms with van der Waals surface area (Å²) < 4.78 is 0.965. The average molecular weight is 410 g/mol. The number of anilines is 2. The van der Waals surface area contributed by atoms with Crippen molar-refractivity contribution in [3.8, 4) is 10.6 Å². The quantitative estimate of drug-likeness (QED) is 0.558. The summed E-state index contributed by atoms with van der Waals surface area (Å²) in [4.78, 5) is 13.1. The molecule has 1 aliphatic carbocycles. The number of halogens is 2. The highest BCUT2D eigenvalue weighted by Crippen LogP contribution is 2.40. The van der Waals surface area contributed by atoms with Gasteiger partial charge in [-0.05, 0) is 37.3 Å². The van der Waals surface area contributed by atoms with Crippen molar-refractivity contribution in [2.24, 2.45) is 5.92 Å². The Balaban J connectivity index is 1.76. The summed E-state index contributed by atoms with van der Waals surface area (Å²) in [6.07, 6.45) is 2.82. The van der Waals surface area contributed by atoms with E-state index in [1.807, 2.05) is 12.1 Å². The third-order valence-corrected chi connectivity index (χ3v) is 6.22. The number of aliphatic hydroxyl groups is 1. The molecular weight excluding hydrogens is 393 g/mol. The largest absolute Gasteiger partial charge is 0.396 e. The van der Waals surface area contributed by atoms with Crippen molar-refractivity contribution >= 4 is 56.5 Å². The van der Waals surface area contributed by atoms with Crippen molar-refractivity contribution in [2.45, 2.75) is 25.3 Å². The van der Waals surface area contributed by atoms with E-state index in [1.54, 1.807) is 6.07 Å². The first-order valence-electron chi connectivity index (χ1n) is 8.31. The van der Waals surface area contributed by atoms with Crippen LogP contribution in [0.25, 0.3) is 20.8 Å². The molecule has 0 amide bonds. The van der Waals surface area contributed by atoms with E-state index in [-0.39, 0.29) is 23.8 Å². The van der Waals surface area contributed by atoms with Gasteiger partial charge < -0.3 is 16.2 Å². The molecule has 6 nitrogen and oxygen atoms in total. The van der Waals surface area contributed by atoms with Crippen LogP contribution in [-0.2, 0) is 0 Å². The molecule has 3 aromatic rings. The van der Waals surface area contributed by atoms with Crippen molar-refractivity contribution in [1.82, 2.24) is 15.0 Å². The molecular formula is C17H17Cl2N5OS. The van der Waals surface area contributed by atoms with Crippen LogP contribution in [0.2, 0.25) is 10.2 Å². The first-order chi connectivity index (χ1) is 12.5. The lowest BCUT2D eigenvalue weighted by Crippen LogP contribution is -2.18. The fourth-order valence-corrected chi connectivity index (χ4v) is 4.96. The number of nitrogens with two attached hydrogens (primary N) is 1. The van der Waals surface area contributed by atoms with Crippen LogP contribution in [-0.4, -0.2) is 32.7 Å². The van der Waals surface area contributed by atoms with Gasteiger partial charge in [0.25, 0.3) is 0 Å². The number of thiazole rings is 1. The molecule has 0 unspecified atom stereocenters. The van der Waals surface area contributed by atoms with Gasteiger partial charge in [-0.25, -0.2) is 9.97 Å². The number of benzene rings is 1. The second-order valence-electron chi connectivity index (χ2n) is 6.40. The summed E-state index contributed by atoms with van der Waals surface area (Å²) in [7, 11) is 0. The number of para-hydroxylation sites is 1. The SMILES string of the molecule is Nc1nc(Cl)c(-c2nc3c(Cl)cccc3s2)c(N[C@H]2CC[C@@H](CO)C2)n1. The molecule has 4 rings (SSSR count). The number of nitrogen functional groups attached to an aromatic ring is 1. The predicted octanol–water partition coefficient (Wildman–Crippen LogP) is 4.22. The Hall–Kier alpha value is -1.67. The number of hydrogen-bond acceptors (Lipinski definition) is 7. The highest BCUT2D eigenvalue weighted by Gasteiger charge is 2.27. The van der Waals surface area contributed by atoms with Crippen LogP contribution in [0.3, 0.4) is 0 Å². The monoisotopic (exact) mass is 409 g/mol. The minimum atomic E-state index is 0.108. The zero-order valence-electron chi connectivity index (χ0n) is 13.7. The third kappa shape index (κ3) is 3.32. The lowest BCUT2D eigenvalue weighted by atomic mass is 10.1. The molecule has 9 heteroatoms. The normalized spacial score (nSPS) is 20.0. The van der Waals surface area contributed by atoms with Gasteiger partial charge >= 0.3 is 0 Å².